The maximum atomic E-state index is 11.9. The fourth-order valence-electron chi connectivity index (χ4n) is 1.80. The van der Waals surface area contributed by atoms with Crippen LogP contribution in [-0.4, -0.2) is 28.1 Å². The molecular formula is C14H17N3O2S. The molecule has 0 radical (unpaired) electrons. The molecule has 5 nitrogen and oxygen atoms in total. The van der Waals surface area contributed by atoms with Gasteiger partial charge < -0.3 is 10.5 Å². The van der Waals surface area contributed by atoms with Gasteiger partial charge in [0.2, 0.25) is 0 Å². The van der Waals surface area contributed by atoms with Crippen LogP contribution in [0.25, 0.3) is 0 Å². The van der Waals surface area contributed by atoms with Gasteiger partial charge in [0, 0.05) is 17.7 Å². The Balaban J connectivity index is 1.84. The largest absolute Gasteiger partial charge is 0.460 e. The second-order valence-electron chi connectivity index (χ2n) is 4.27. The summed E-state index contributed by atoms with van der Waals surface area (Å²) in [6, 6.07) is 9.97. The fourth-order valence-corrected chi connectivity index (χ4v) is 2.55. The summed E-state index contributed by atoms with van der Waals surface area (Å²) in [6.45, 7) is 2.10. The van der Waals surface area contributed by atoms with Crippen LogP contribution in [0, 0.1) is 6.92 Å². The van der Waals surface area contributed by atoms with E-state index in [1.807, 2.05) is 30.3 Å². The van der Waals surface area contributed by atoms with Crippen LogP contribution in [0.15, 0.2) is 35.2 Å². The van der Waals surface area contributed by atoms with Crippen LogP contribution in [0.3, 0.4) is 0 Å². The van der Waals surface area contributed by atoms with Crippen LogP contribution in [0.5, 0.6) is 0 Å². The third-order valence-corrected chi connectivity index (χ3v) is 3.77. The van der Waals surface area contributed by atoms with Gasteiger partial charge in [-0.15, -0.1) is 11.8 Å². The molecule has 1 heterocycles. The SMILES string of the molecule is Cc1nn(C)c(C(=O)OCCSc2ccccc2)c1N. The number of carbonyl (C=O) groups excluding carboxylic acids is 1. The van der Waals surface area contributed by atoms with Crippen molar-refractivity contribution in [2.45, 2.75) is 11.8 Å². The van der Waals surface area contributed by atoms with Crippen molar-refractivity contribution in [3.05, 3.63) is 41.7 Å². The Morgan fingerprint density at radius 1 is 1.40 bits per heavy atom. The van der Waals surface area contributed by atoms with Gasteiger partial charge >= 0.3 is 5.97 Å². The highest BCUT2D eigenvalue weighted by Gasteiger charge is 2.19. The predicted octanol–water partition coefficient (Wildman–Crippen LogP) is 2.26. The number of hydrogen-bond acceptors (Lipinski definition) is 5. The number of nitrogens with two attached hydrogens (primary N) is 1. The number of aromatic nitrogens is 2. The molecule has 2 aromatic rings. The summed E-state index contributed by atoms with van der Waals surface area (Å²) < 4.78 is 6.68. The molecule has 2 rings (SSSR count). The quantitative estimate of drug-likeness (QED) is 0.520. The van der Waals surface area contributed by atoms with Gasteiger partial charge in [-0.3, -0.25) is 4.68 Å². The summed E-state index contributed by atoms with van der Waals surface area (Å²) in [5.74, 6) is 0.270. The predicted molar refractivity (Wildman–Crippen MR) is 79.8 cm³/mol. The van der Waals surface area contributed by atoms with E-state index in [0.29, 0.717) is 29.4 Å². The summed E-state index contributed by atoms with van der Waals surface area (Å²) in [5, 5.41) is 4.09. The number of nitrogen functional groups attached to an aromatic ring is 1. The third-order valence-electron chi connectivity index (χ3n) is 2.79. The Labute approximate surface area is 122 Å². The van der Waals surface area contributed by atoms with Crippen molar-refractivity contribution in [1.82, 2.24) is 9.78 Å². The van der Waals surface area contributed by atoms with Gasteiger partial charge in [0.25, 0.3) is 0 Å². The standard InChI is InChI=1S/C14H17N3O2S/c1-10-12(15)13(17(2)16-10)14(18)19-8-9-20-11-6-4-3-5-7-11/h3-7H,8-9,15H2,1-2H3. The minimum absolute atomic E-state index is 0.312. The molecule has 0 aliphatic heterocycles. The average molecular weight is 291 g/mol. The van der Waals surface area contributed by atoms with Gasteiger partial charge in [0.15, 0.2) is 5.69 Å². The van der Waals surface area contributed by atoms with Crippen molar-refractivity contribution in [1.29, 1.82) is 0 Å². The van der Waals surface area contributed by atoms with Crippen molar-refractivity contribution in [2.75, 3.05) is 18.1 Å². The number of esters is 1. The maximum absolute atomic E-state index is 11.9. The summed E-state index contributed by atoms with van der Waals surface area (Å²) in [6.07, 6.45) is 0. The third kappa shape index (κ3) is 3.33. The molecule has 0 atom stereocenters. The highest BCUT2D eigenvalue weighted by molar-refractivity contribution is 7.99. The second-order valence-corrected chi connectivity index (χ2v) is 5.44. The van der Waals surface area contributed by atoms with Gasteiger partial charge in [-0.05, 0) is 19.1 Å². The zero-order valence-corrected chi connectivity index (χ0v) is 12.3. The number of ether oxygens (including phenoxy) is 1. The van der Waals surface area contributed by atoms with Crippen molar-refractivity contribution < 1.29 is 9.53 Å². The normalized spacial score (nSPS) is 10.5. The number of hydrogen-bond donors (Lipinski definition) is 1. The Kier molecular flexibility index (Phi) is 4.68. The molecule has 6 heteroatoms. The molecule has 2 N–H and O–H groups in total. The van der Waals surface area contributed by atoms with Crippen LogP contribution >= 0.6 is 11.8 Å². The van der Waals surface area contributed by atoms with Crippen LogP contribution in [0.2, 0.25) is 0 Å². The van der Waals surface area contributed by atoms with Crippen molar-refractivity contribution in [3.8, 4) is 0 Å². The van der Waals surface area contributed by atoms with Gasteiger partial charge in [-0.25, -0.2) is 4.79 Å². The van der Waals surface area contributed by atoms with Gasteiger partial charge in [-0.2, -0.15) is 5.10 Å². The molecule has 0 unspecified atom stereocenters. The summed E-state index contributed by atoms with van der Waals surface area (Å²) in [4.78, 5) is 13.1. The molecule has 0 fully saturated rings. The molecule has 0 spiro atoms. The lowest BCUT2D eigenvalue weighted by molar-refractivity contribution is 0.0519. The van der Waals surface area contributed by atoms with Crippen molar-refractivity contribution in [2.24, 2.45) is 7.05 Å². The number of nitrogens with zero attached hydrogens (tertiary/aromatic N) is 2. The summed E-state index contributed by atoms with van der Waals surface area (Å²) in [5.41, 5.74) is 7.14. The van der Waals surface area contributed by atoms with Gasteiger partial charge in [0.1, 0.15) is 6.61 Å². The first-order valence-corrected chi connectivity index (χ1v) is 7.22. The van der Waals surface area contributed by atoms with Crippen LogP contribution < -0.4 is 5.73 Å². The molecule has 1 aromatic carbocycles. The fraction of sp³-hybridized carbons (Fsp3) is 0.286. The topological polar surface area (TPSA) is 70.1 Å². The zero-order valence-electron chi connectivity index (χ0n) is 11.5. The van der Waals surface area contributed by atoms with Crippen LogP contribution in [0.4, 0.5) is 5.69 Å². The lowest BCUT2D eigenvalue weighted by Gasteiger charge is -2.05. The number of benzene rings is 1. The Bertz CT molecular complexity index is 596. The Morgan fingerprint density at radius 3 is 2.70 bits per heavy atom. The molecule has 0 saturated carbocycles. The first-order chi connectivity index (χ1) is 9.59. The molecule has 0 bridgehead atoms. The molecule has 1 aromatic heterocycles. The van der Waals surface area contributed by atoms with E-state index in [4.69, 9.17) is 10.5 Å². The number of rotatable bonds is 5. The zero-order chi connectivity index (χ0) is 14.5. The first-order valence-electron chi connectivity index (χ1n) is 6.23. The monoisotopic (exact) mass is 291 g/mol. The lowest BCUT2D eigenvalue weighted by Crippen LogP contribution is -2.14. The molecule has 20 heavy (non-hydrogen) atoms. The minimum atomic E-state index is -0.431. The molecule has 106 valence electrons. The van der Waals surface area contributed by atoms with E-state index in [-0.39, 0.29) is 0 Å². The average Bonchev–Trinajstić information content (AvgIpc) is 2.69. The molecule has 0 aliphatic carbocycles. The van der Waals surface area contributed by atoms with Gasteiger partial charge in [0.05, 0.1) is 11.4 Å². The molecule has 0 amide bonds. The highest BCUT2D eigenvalue weighted by Crippen LogP contribution is 2.18. The smallest absolute Gasteiger partial charge is 0.358 e. The van der Waals surface area contributed by atoms with Crippen molar-refractivity contribution in [3.63, 3.8) is 0 Å². The summed E-state index contributed by atoms with van der Waals surface area (Å²) >= 11 is 1.64. The highest BCUT2D eigenvalue weighted by atomic mass is 32.2. The van der Waals surface area contributed by atoms with E-state index >= 15 is 0 Å². The number of anilines is 1. The van der Waals surface area contributed by atoms with E-state index in [2.05, 4.69) is 5.10 Å². The number of aryl methyl sites for hydroxylation is 2. The first kappa shape index (κ1) is 14.5. The van der Waals surface area contributed by atoms with Crippen LogP contribution in [0.1, 0.15) is 16.2 Å². The van der Waals surface area contributed by atoms with E-state index in [1.54, 1.807) is 25.7 Å². The van der Waals surface area contributed by atoms with E-state index in [1.165, 1.54) is 4.68 Å². The molecule has 0 saturated heterocycles. The van der Waals surface area contributed by atoms with Gasteiger partial charge in [-0.1, -0.05) is 18.2 Å². The van der Waals surface area contributed by atoms with Crippen LogP contribution in [-0.2, 0) is 11.8 Å². The second kappa shape index (κ2) is 6.47. The van der Waals surface area contributed by atoms with Crippen molar-refractivity contribution >= 4 is 23.4 Å². The molecule has 0 aliphatic rings. The number of carbonyl (C=O) groups is 1. The minimum Gasteiger partial charge on any atom is -0.460 e. The maximum Gasteiger partial charge on any atom is 0.358 e. The lowest BCUT2D eigenvalue weighted by atomic mass is 10.3. The summed E-state index contributed by atoms with van der Waals surface area (Å²) in [7, 11) is 1.68. The Hall–Kier alpha value is -1.95. The van der Waals surface area contributed by atoms with E-state index in [0.717, 1.165) is 4.90 Å². The van der Waals surface area contributed by atoms with E-state index in [9.17, 15) is 4.79 Å². The Morgan fingerprint density at radius 2 is 2.10 bits per heavy atom. The van der Waals surface area contributed by atoms with E-state index < -0.39 is 5.97 Å². The molecular weight excluding hydrogens is 274 g/mol. The number of thioether (sulfide) groups is 1.